The molecule has 2 atom stereocenters. The first-order valence-corrected chi connectivity index (χ1v) is 7.27. The van der Waals surface area contributed by atoms with E-state index < -0.39 is 17.9 Å². The number of hydrogen-bond donors (Lipinski definition) is 1. The van der Waals surface area contributed by atoms with Gasteiger partial charge in [0.2, 0.25) is 5.91 Å². The van der Waals surface area contributed by atoms with Crippen molar-refractivity contribution in [2.45, 2.75) is 46.2 Å². The maximum absolute atomic E-state index is 14.2. The van der Waals surface area contributed by atoms with Crippen molar-refractivity contribution in [1.29, 1.82) is 0 Å². The van der Waals surface area contributed by atoms with E-state index in [9.17, 15) is 14.0 Å². The van der Waals surface area contributed by atoms with E-state index in [2.05, 4.69) is 5.32 Å². The molecule has 1 heterocycles. The number of piperazine rings is 1. The summed E-state index contributed by atoms with van der Waals surface area (Å²) < 4.78 is 14.2. The van der Waals surface area contributed by atoms with Crippen LogP contribution in [0.1, 0.15) is 32.8 Å². The molecule has 1 fully saturated rings. The fourth-order valence-electron chi connectivity index (χ4n) is 2.75. The van der Waals surface area contributed by atoms with Crippen molar-refractivity contribution in [3.63, 3.8) is 0 Å². The van der Waals surface area contributed by atoms with E-state index in [1.807, 2.05) is 20.8 Å². The topological polar surface area (TPSA) is 49.4 Å². The largest absolute Gasteiger partial charge is 0.342 e. The van der Waals surface area contributed by atoms with Gasteiger partial charge in [-0.2, -0.15) is 0 Å². The van der Waals surface area contributed by atoms with E-state index in [1.165, 1.54) is 11.0 Å². The second-order valence-electron chi connectivity index (χ2n) is 5.77. The second-order valence-corrected chi connectivity index (χ2v) is 5.77. The summed E-state index contributed by atoms with van der Waals surface area (Å²) in [6.45, 7) is 7.29. The number of carbonyl (C=O) groups is 2. The average Bonchev–Trinajstić information content (AvgIpc) is 2.41. The lowest BCUT2D eigenvalue weighted by atomic mass is 9.95. The van der Waals surface area contributed by atoms with Gasteiger partial charge >= 0.3 is 0 Å². The smallest absolute Gasteiger partial charge is 0.250 e. The predicted molar refractivity (Wildman–Crippen MR) is 79.5 cm³/mol. The first kappa shape index (κ1) is 15.5. The molecular weight excluding hydrogens is 271 g/mol. The zero-order valence-corrected chi connectivity index (χ0v) is 12.8. The number of nitrogens with one attached hydrogen (secondary N) is 1. The molecule has 114 valence electrons. The lowest BCUT2D eigenvalue weighted by Crippen LogP contribution is -2.65. The molecule has 21 heavy (non-hydrogen) atoms. The molecule has 4 nitrogen and oxygen atoms in total. The van der Waals surface area contributed by atoms with E-state index in [0.29, 0.717) is 12.0 Å². The summed E-state index contributed by atoms with van der Waals surface area (Å²) in [5.74, 6) is -0.990. The Morgan fingerprint density at radius 2 is 2.00 bits per heavy atom. The van der Waals surface area contributed by atoms with Gasteiger partial charge in [-0.15, -0.1) is 0 Å². The number of nitrogens with zero attached hydrogens (tertiary/aromatic N) is 1. The van der Waals surface area contributed by atoms with Gasteiger partial charge in [-0.05, 0) is 30.9 Å². The highest BCUT2D eigenvalue weighted by Crippen LogP contribution is 2.30. The van der Waals surface area contributed by atoms with Crippen LogP contribution in [0.4, 0.5) is 10.1 Å². The summed E-state index contributed by atoms with van der Waals surface area (Å²) in [5.41, 5.74) is 0.869. The fraction of sp³-hybridized carbons (Fsp3) is 0.500. The van der Waals surface area contributed by atoms with Crippen LogP contribution in [0.15, 0.2) is 18.2 Å². The highest BCUT2D eigenvalue weighted by atomic mass is 19.1. The van der Waals surface area contributed by atoms with Crippen LogP contribution in [0.5, 0.6) is 0 Å². The Labute approximate surface area is 124 Å². The summed E-state index contributed by atoms with van der Waals surface area (Å²) in [4.78, 5) is 26.3. The number of para-hydroxylation sites is 1. The summed E-state index contributed by atoms with van der Waals surface area (Å²) in [6.07, 6.45) is 0.441. The highest BCUT2D eigenvalue weighted by molar-refractivity contribution is 6.08. The number of rotatable bonds is 3. The van der Waals surface area contributed by atoms with Crippen LogP contribution in [0.3, 0.4) is 0 Å². The third-order valence-electron chi connectivity index (χ3n) is 3.90. The van der Waals surface area contributed by atoms with Crippen molar-refractivity contribution in [1.82, 2.24) is 5.32 Å². The Balaban J connectivity index is 2.55. The van der Waals surface area contributed by atoms with E-state index in [1.54, 1.807) is 19.1 Å². The predicted octanol–water partition coefficient (Wildman–Crippen LogP) is 2.40. The van der Waals surface area contributed by atoms with Crippen molar-refractivity contribution < 1.29 is 14.0 Å². The van der Waals surface area contributed by atoms with Crippen molar-refractivity contribution in [3.05, 3.63) is 29.6 Å². The number of halogens is 1. The summed E-state index contributed by atoms with van der Waals surface area (Å²) in [5, 5.41) is 2.75. The third-order valence-corrected chi connectivity index (χ3v) is 3.90. The molecule has 0 aromatic heterocycles. The Kier molecular flexibility index (Phi) is 4.30. The van der Waals surface area contributed by atoms with Crippen LogP contribution in [0.2, 0.25) is 0 Å². The Morgan fingerprint density at radius 1 is 1.33 bits per heavy atom. The van der Waals surface area contributed by atoms with E-state index in [0.717, 1.165) is 0 Å². The van der Waals surface area contributed by atoms with Crippen LogP contribution in [0, 0.1) is 18.7 Å². The van der Waals surface area contributed by atoms with Crippen molar-refractivity contribution in [2.24, 2.45) is 5.92 Å². The van der Waals surface area contributed by atoms with Gasteiger partial charge in [-0.25, -0.2) is 4.39 Å². The van der Waals surface area contributed by atoms with Crippen LogP contribution >= 0.6 is 0 Å². The van der Waals surface area contributed by atoms with Gasteiger partial charge in [0.25, 0.3) is 5.91 Å². The van der Waals surface area contributed by atoms with Crippen LogP contribution in [-0.2, 0) is 9.59 Å². The first-order valence-electron chi connectivity index (χ1n) is 7.27. The molecular formula is C16H21FN2O2. The van der Waals surface area contributed by atoms with Gasteiger partial charge in [-0.1, -0.05) is 32.9 Å². The Bertz CT molecular complexity index is 551. The maximum atomic E-state index is 14.2. The minimum atomic E-state index is -0.664. The summed E-state index contributed by atoms with van der Waals surface area (Å²) >= 11 is 0. The van der Waals surface area contributed by atoms with Gasteiger partial charge < -0.3 is 5.32 Å². The molecule has 0 bridgehead atoms. The Morgan fingerprint density at radius 3 is 2.52 bits per heavy atom. The molecule has 1 N–H and O–H groups in total. The van der Waals surface area contributed by atoms with Crippen LogP contribution in [-0.4, -0.2) is 23.9 Å². The van der Waals surface area contributed by atoms with Gasteiger partial charge in [0.1, 0.15) is 17.9 Å². The van der Waals surface area contributed by atoms with Gasteiger partial charge in [0.15, 0.2) is 0 Å². The quantitative estimate of drug-likeness (QED) is 0.930. The van der Waals surface area contributed by atoms with Gasteiger partial charge in [-0.3, -0.25) is 14.5 Å². The molecule has 5 heteroatoms. The molecule has 1 aliphatic rings. The molecule has 1 aromatic rings. The van der Waals surface area contributed by atoms with Crippen LogP contribution in [0.25, 0.3) is 0 Å². The zero-order valence-electron chi connectivity index (χ0n) is 12.8. The Hall–Kier alpha value is -1.91. The standard InChI is InChI=1S/C16H21FN2O2/c1-5-12-15(20)18-13(9(2)3)16(21)19(12)14-10(4)7-6-8-11(14)17/h6-9,12-13H,5H2,1-4H3,(H,18,20). The van der Waals surface area contributed by atoms with Crippen molar-refractivity contribution in [3.8, 4) is 0 Å². The fourth-order valence-corrected chi connectivity index (χ4v) is 2.75. The zero-order chi connectivity index (χ0) is 15.7. The van der Waals surface area contributed by atoms with E-state index in [4.69, 9.17) is 0 Å². The summed E-state index contributed by atoms with van der Waals surface area (Å²) in [6, 6.07) is 3.39. The molecule has 0 spiro atoms. The molecule has 2 unspecified atom stereocenters. The minimum absolute atomic E-state index is 0.0474. The number of carbonyl (C=O) groups excluding carboxylic acids is 2. The molecule has 0 aliphatic carbocycles. The number of amides is 2. The molecule has 2 rings (SSSR count). The number of hydrogen-bond acceptors (Lipinski definition) is 2. The number of benzene rings is 1. The normalized spacial score (nSPS) is 22.7. The molecule has 1 aliphatic heterocycles. The molecule has 1 saturated heterocycles. The molecule has 2 amide bonds. The highest BCUT2D eigenvalue weighted by Gasteiger charge is 2.42. The third kappa shape index (κ3) is 2.64. The van der Waals surface area contributed by atoms with E-state index in [-0.39, 0.29) is 23.4 Å². The molecule has 0 saturated carbocycles. The lowest BCUT2D eigenvalue weighted by Gasteiger charge is -2.40. The van der Waals surface area contributed by atoms with Gasteiger partial charge in [0.05, 0.1) is 5.69 Å². The monoisotopic (exact) mass is 292 g/mol. The minimum Gasteiger partial charge on any atom is -0.342 e. The second kappa shape index (κ2) is 5.84. The number of anilines is 1. The SMILES string of the molecule is CCC1C(=O)NC(C(C)C)C(=O)N1c1c(C)cccc1F. The number of aryl methyl sites for hydroxylation is 1. The molecule has 1 aromatic carbocycles. The first-order chi connectivity index (χ1) is 9.88. The average molecular weight is 292 g/mol. The van der Waals surface area contributed by atoms with E-state index >= 15 is 0 Å². The molecule has 0 radical (unpaired) electrons. The van der Waals surface area contributed by atoms with Crippen molar-refractivity contribution >= 4 is 17.5 Å². The van der Waals surface area contributed by atoms with Gasteiger partial charge in [0, 0.05) is 0 Å². The lowest BCUT2D eigenvalue weighted by molar-refractivity contribution is -0.135. The maximum Gasteiger partial charge on any atom is 0.250 e. The van der Waals surface area contributed by atoms with Crippen LogP contribution < -0.4 is 10.2 Å². The van der Waals surface area contributed by atoms with Crippen molar-refractivity contribution in [2.75, 3.05) is 4.90 Å². The summed E-state index contributed by atoms with van der Waals surface area (Å²) in [7, 11) is 0.